The predicted octanol–water partition coefficient (Wildman–Crippen LogP) is 4.56. The third-order valence-corrected chi connectivity index (χ3v) is 3.42. The summed E-state index contributed by atoms with van der Waals surface area (Å²) in [5, 5.41) is 14.4. The van der Waals surface area contributed by atoms with Gasteiger partial charge in [0.25, 0.3) is 0 Å². The molecule has 8 heteroatoms. The lowest BCUT2D eigenvalue weighted by Gasteiger charge is -2.11. The number of nitrogens with one attached hydrogen (secondary N) is 2. The maximum absolute atomic E-state index is 13.8. The molecule has 0 aliphatic heterocycles. The van der Waals surface area contributed by atoms with Crippen LogP contribution in [0.15, 0.2) is 42.5 Å². The molecule has 0 bridgehead atoms. The molecule has 0 spiro atoms. The topological polar surface area (TPSA) is 73.6 Å². The van der Waals surface area contributed by atoms with Gasteiger partial charge in [-0.2, -0.15) is 5.26 Å². The highest BCUT2D eigenvalue weighted by atomic mass is 19.2. The molecule has 0 radical (unpaired) electrons. The van der Waals surface area contributed by atoms with Gasteiger partial charge < -0.3 is 10.6 Å². The molecule has 5 nitrogen and oxygen atoms in total. The summed E-state index contributed by atoms with van der Waals surface area (Å²) < 4.78 is 40.2. The number of hydrogen-bond donors (Lipinski definition) is 2. The monoisotopic (exact) mass is 355 g/mol. The van der Waals surface area contributed by atoms with Crippen molar-refractivity contribution < 1.29 is 13.2 Å². The number of benzene rings is 2. The lowest BCUT2D eigenvalue weighted by Crippen LogP contribution is -2.04. The third kappa shape index (κ3) is 3.72. The Morgan fingerprint density at radius 2 is 1.54 bits per heavy atom. The van der Waals surface area contributed by atoms with Crippen LogP contribution in [0.1, 0.15) is 11.4 Å². The van der Waals surface area contributed by atoms with Gasteiger partial charge in [-0.3, -0.25) is 0 Å². The molecule has 3 rings (SSSR count). The summed E-state index contributed by atoms with van der Waals surface area (Å²) in [5.41, 5.74) is 0.962. The van der Waals surface area contributed by atoms with E-state index in [0.717, 1.165) is 12.1 Å². The SMILES string of the molecule is Cc1nc(Nc2ccc(C#N)cc2)cc(Nc2ccc(F)c(F)c2F)n1. The standard InChI is InChI=1S/C18H12F3N5/c1-10-23-15(25-12-4-2-11(9-22)3-5-12)8-16(24-10)26-14-7-6-13(19)17(20)18(14)21/h2-8H,1H3,(H2,23,24,25,26). The van der Waals surface area contributed by atoms with E-state index in [9.17, 15) is 13.2 Å². The second-order valence-electron chi connectivity index (χ2n) is 5.35. The molecule has 0 aliphatic carbocycles. The average molecular weight is 355 g/mol. The summed E-state index contributed by atoms with van der Waals surface area (Å²) in [7, 11) is 0. The fraction of sp³-hybridized carbons (Fsp3) is 0.0556. The van der Waals surface area contributed by atoms with E-state index in [1.54, 1.807) is 31.2 Å². The molecule has 0 aliphatic rings. The molecule has 2 N–H and O–H groups in total. The fourth-order valence-corrected chi connectivity index (χ4v) is 2.23. The maximum atomic E-state index is 13.8. The van der Waals surface area contributed by atoms with Crippen LogP contribution in [-0.4, -0.2) is 9.97 Å². The normalized spacial score (nSPS) is 10.3. The zero-order chi connectivity index (χ0) is 18.7. The molecule has 2 aromatic carbocycles. The molecule has 130 valence electrons. The zero-order valence-electron chi connectivity index (χ0n) is 13.5. The van der Waals surface area contributed by atoms with Gasteiger partial charge in [0.05, 0.1) is 17.3 Å². The number of anilines is 4. The Morgan fingerprint density at radius 1 is 0.885 bits per heavy atom. The molecule has 0 amide bonds. The predicted molar refractivity (Wildman–Crippen MR) is 90.8 cm³/mol. The number of rotatable bonds is 4. The van der Waals surface area contributed by atoms with Crippen molar-refractivity contribution in [2.45, 2.75) is 6.92 Å². The molecule has 0 atom stereocenters. The largest absolute Gasteiger partial charge is 0.340 e. The minimum atomic E-state index is -1.56. The van der Waals surface area contributed by atoms with Crippen LogP contribution in [0.4, 0.5) is 36.2 Å². The Morgan fingerprint density at radius 3 is 2.19 bits per heavy atom. The summed E-state index contributed by atoms with van der Waals surface area (Å²) >= 11 is 0. The smallest absolute Gasteiger partial charge is 0.196 e. The van der Waals surface area contributed by atoms with Gasteiger partial charge in [0, 0.05) is 11.8 Å². The Balaban J connectivity index is 1.86. The van der Waals surface area contributed by atoms with E-state index in [2.05, 4.69) is 20.6 Å². The van der Waals surface area contributed by atoms with Crippen LogP contribution in [-0.2, 0) is 0 Å². The first-order valence-electron chi connectivity index (χ1n) is 7.49. The molecular formula is C18H12F3N5. The maximum Gasteiger partial charge on any atom is 0.196 e. The van der Waals surface area contributed by atoms with E-state index in [0.29, 0.717) is 22.9 Å². The first kappa shape index (κ1) is 17.2. The second kappa shape index (κ2) is 7.11. The van der Waals surface area contributed by atoms with Gasteiger partial charge in [0.15, 0.2) is 17.5 Å². The van der Waals surface area contributed by atoms with Gasteiger partial charge >= 0.3 is 0 Å². The van der Waals surface area contributed by atoms with E-state index in [4.69, 9.17) is 5.26 Å². The van der Waals surface area contributed by atoms with Crippen LogP contribution < -0.4 is 10.6 Å². The molecule has 3 aromatic rings. The first-order chi connectivity index (χ1) is 12.5. The van der Waals surface area contributed by atoms with Crippen molar-refractivity contribution in [1.82, 2.24) is 9.97 Å². The van der Waals surface area contributed by atoms with Crippen LogP contribution in [0.2, 0.25) is 0 Å². The van der Waals surface area contributed by atoms with Gasteiger partial charge in [-0.25, -0.2) is 23.1 Å². The third-order valence-electron chi connectivity index (χ3n) is 3.42. The van der Waals surface area contributed by atoms with Crippen LogP contribution in [0, 0.1) is 35.7 Å². The number of aromatic nitrogens is 2. The molecule has 0 fully saturated rings. The van der Waals surface area contributed by atoms with Crippen molar-refractivity contribution in [3.8, 4) is 6.07 Å². The highest BCUT2D eigenvalue weighted by molar-refractivity contribution is 5.64. The Hall–Kier alpha value is -3.60. The lowest BCUT2D eigenvalue weighted by atomic mass is 10.2. The van der Waals surface area contributed by atoms with Crippen molar-refractivity contribution in [1.29, 1.82) is 5.26 Å². The van der Waals surface area contributed by atoms with Gasteiger partial charge in [-0.05, 0) is 43.3 Å². The van der Waals surface area contributed by atoms with Crippen LogP contribution in [0.25, 0.3) is 0 Å². The van der Waals surface area contributed by atoms with Crippen molar-refractivity contribution >= 4 is 23.0 Å². The van der Waals surface area contributed by atoms with Crippen LogP contribution in [0.5, 0.6) is 0 Å². The zero-order valence-corrected chi connectivity index (χ0v) is 13.5. The van der Waals surface area contributed by atoms with Crippen molar-refractivity contribution in [3.05, 3.63) is 71.3 Å². The summed E-state index contributed by atoms with van der Waals surface area (Å²) in [6.07, 6.45) is 0. The second-order valence-corrected chi connectivity index (χ2v) is 5.35. The fourth-order valence-electron chi connectivity index (χ4n) is 2.23. The molecule has 1 heterocycles. The number of halogens is 3. The Bertz CT molecular complexity index is 997. The Labute approximate surface area is 147 Å². The number of nitriles is 1. The number of hydrogen-bond acceptors (Lipinski definition) is 5. The van der Waals surface area contributed by atoms with E-state index >= 15 is 0 Å². The van der Waals surface area contributed by atoms with Gasteiger partial charge in [0.1, 0.15) is 17.5 Å². The Kier molecular flexibility index (Phi) is 4.71. The molecule has 0 unspecified atom stereocenters. The number of nitrogens with zero attached hydrogens (tertiary/aromatic N) is 3. The van der Waals surface area contributed by atoms with Gasteiger partial charge in [0.2, 0.25) is 0 Å². The van der Waals surface area contributed by atoms with E-state index in [1.807, 2.05) is 6.07 Å². The summed E-state index contributed by atoms with van der Waals surface area (Å²) in [5.74, 6) is -3.16. The van der Waals surface area contributed by atoms with Crippen molar-refractivity contribution in [2.24, 2.45) is 0 Å². The quantitative estimate of drug-likeness (QED) is 0.671. The van der Waals surface area contributed by atoms with Crippen LogP contribution in [0.3, 0.4) is 0 Å². The molecule has 0 saturated carbocycles. The van der Waals surface area contributed by atoms with Crippen molar-refractivity contribution in [2.75, 3.05) is 10.6 Å². The summed E-state index contributed by atoms with van der Waals surface area (Å²) in [4.78, 5) is 8.32. The highest BCUT2D eigenvalue weighted by Crippen LogP contribution is 2.24. The van der Waals surface area contributed by atoms with Gasteiger partial charge in [-0.1, -0.05) is 0 Å². The minimum Gasteiger partial charge on any atom is -0.340 e. The lowest BCUT2D eigenvalue weighted by molar-refractivity contribution is 0.449. The molecule has 0 saturated heterocycles. The van der Waals surface area contributed by atoms with Gasteiger partial charge in [-0.15, -0.1) is 0 Å². The molecular weight excluding hydrogens is 343 g/mol. The first-order valence-corrected chi connectivity index (χ1v) is 7.49. The van der Waals surface area contributed by atoms with E-state index in [1.165, 1.54) is 6.07 Å². The van der Waals surface area contributed by atoms with Crippen molar-refractivity contribution in [3.63, 3.8) is 0 Å². The minimum absolute atomic E-state index is 0.207. The number of aryl methyl sites for hydroxylation is 1. The van der Waals surface area contributed by atoms with E-state index in [-0.39, 0.29) is 11.5 Å². The molecule has 26 heavy (non-hydrogen) atoms. The van der Waals surface area contributed by atoms with Crippen LogP contribution >= 0.6 is 0 Å². The molecule has 1 aromatic heterocycles. The summed E-state index contributed by atoms with van der Waals surface area (Å²) in [6, 6.07) is 12.1. The average Bonchev–Trinajstić information content (AvgIpc) is 2.62. The summed E-state index contributed by atoms with van der Waals surface area (Å²) in [6.45, 7) is 1.64. The van der Waals surface area contributed by atoms with E-state index < -0.39 is 17.5 Å². The highest BCUT2D eigenvalue weighted by Gasteiger charge is 2.14.